The van der Waals surface area contributed by atoms with E-state index in [0.717, 1.165) is 36.7 Å². The molecule has 3 atom stereocenters. The number of imidazole rings is 1. The second-order valence-corrected chi connectivity index (χ2v) is 8.73. The van der Waals surface area contributed by atoms with Gasteiger partial charge in [0.25, 0.3) is 0 Å². The molecule has 6 heteroatoms. The molecule has 1 fully saturated rings. The predicted octanol–water partition coefficient (Wildman–Crippen LogP) is 3.01. The first-order valence-electron chi connectivity index (χ1n) is 7.68. The van der Waals surface area contributed by atoms with Crippen molar-refractivity contribution in [3.63, 3.8) is 0 Å². The monoisotopic (exact) mass is 324 g/mol. The molecule has 116 valence electrons. The van der Waals surface area contributed by atoms with Crippen LogP contribution in [0.25, 0.3) is 4.96 Å². The number of anilines is 1. The van der Waals surface area contributed by atoms with Gasteiger partial charge in [-0.15, -0.1) is 11.3 Å². The van der Waals surface area contributed by atoms with Crippen molar-refractivity contribution in [2.45, 2.75) is 50.2 Å². The first kappa shape index (κ1) is 15.2. The molecule has 2 aromatic rings. The van der Waals surface area contributed by atoms with Gasteiger partial charge in [-0.3, -0.25) is 4.40 Å². The summed E-state index contributed by atoms with van der Waals surface area (Å²) < 4.78 is 2.23. The SMILES string of the molecule is CCC(N)Cc1c(N2CC(C)SC(C)C2)nc2sccn12. The summed E-state index contributed by atoms with van der Waals surface area (Å²) in [5, 5.41) is 3.41. The highest BCUT2D eigenvalue weighted by Crippen LogP contribution is 2.32. The lowest BCUT2D eigenvalue weighted by Gasteiger charge is -2.35. The van der Waals surface area contributed by atoms with Crippen molar-refractivity contribution in [3.8, 4) is 0 Å². The molecule has 1 aliphatic rings. The maximum Gasteiger partial charge on any atom is 0.195 e. The molecular formula is C15H24N4S2. The highest BCUT2D eigenvalue weighted by molar-refractivity contribution is 8.00. The van der Waals surface area contributed by atoms with Gasteiger partial charge in [0.15, 0.2) is 10.8 Å². The average Bonchev–Trinajstić information content (AvgIpc) is 3.00. The number of aromatic nitrogens is 2. The Balaban J connectivity index is 1.96. The summed E-state index contributed by atoms with van der Waals surface area (Å²) in [7, 11) is 0. The van der Waals surface area contributed by atoms with Crippen LogP contribution >= 0.6 is 23.1 Å². The Morgan fingerprint density at radius 3 is 2.76 bits per heavy atom. The molecular weight excluding hydrogens is 300 g/mol. The first-order chi connectivity index (χ1) is 10.1. The highest BCUT2D eigenvalue weighted by Gasteiger charge is 2.27. The van der Waals surface area contributed by atoms with Gasteiger partial charge in [0.1, 0.15) is 0 Å². The third kappa shape index (κ3) is 3.07. The molecule has 0 spiro atoms. The Kier molecular flexibility index (Phi) is 4.47. The largest absolute Gasteiger partial charge is 0.353 e. The summed E-state index contributed by atoms with van der Waals surface area (Å²) in [6.07, 6.45) is 4.02. The topological polar surface area (TPSA) is 46.6 Å². The van der Waals surface area contributed by atoms with E-state index in [2.05, 4.69) is 53.4 Å². The standard InChI is InChI=1S/C15H24N4S2/c1-4-12(16)7-13-14(17-15-19(13)5-6-20-15)18-8-10(2)21-11(3)9-18/h5-6,10-12H,4,7-9,16H2,1-3H3. The third-order valence-electron chi connectivity index (χ3n) is 4.04. The van der Waals surface area contributed by atoms with Gasteiger partial charge in [0.05, 0.1) is 5.69 Å². The van der Waals surface area contributed by atoms with E-state index in [-0.39, 0.29) is 6.04 Å². The Morgan fingerprint density at radius 1 is 1.38 bits per heavy atom. The summed E-state index contributed by atoms with van der Waals surface area (Å²) in [6, 6.07) is 0.206. The van der Waals surface area contributed by atoms with Crippen molar-refractivity contribution in [1.29, 1.82) is 0 Å². The van der Waals surface area contributed by atoms with E-state index < -0.39 is 0 Å². The highest BCUT2D eigenvalue weighted by atomic mass is 32.2. The van der Waals surface area contributed by atoms with Gasteiger partial charge in [0.2, 0.25) is 0 Å². The molecule has 1 aliphatic heterocycles. The molecule has 0 aliphatic carbocycles. The minimum absolute atomic E-state index is 0.206. The average molecular weight is 325 g/mol. The smallest absolute Gasteiger partial charge is 0.195 e. The number of hydrogen-bond donors (Lipinski definition) is 1. The minimum atomic E-state index is 0.206. The Labute approximate surface area is 134 Å². The Morgan fingerprint density at radius 2 is 2.10 bits per heavy atom. The van der Waals surface area contributed by atoms with Crippen molar-refractivity contribution < 1.29 is 0 Å². The van der Waals surface area contributed by atoms with Crippen LogP contribution in [0, 0.1) is 0 Å². The molecule has 0 saturated carbocycles. The first-order valence-corrected chi connectivity index (χ1v) is 9.51. The van der Waals surface area contributed by atoms with Crippen LogP contribution in [0.1, 0.15) is 32.9 Å². The summed E-state index contributed by atoms with van der Waals surface area (Å²) in [4.78, 5) is 8.44. The zero-order valence-electron chi connectivity index (χ0n) is 13.0. The second-order valence-electron chi connectivity index (χ2n) is 5.97. The van der Waals surface area contributed by atoms with E-state index in [0.29, 0.717) is 10.5 Å². The van der Waals surface area contributed by atoms with Gasteiger partial charge >= 0.3 is 0 Å². The van der Waals surface area contributed by atoms with E-state index in [9.17, 15) is 0 Å². The second kappa shape index (κ2) is 6.18. The van der Waals surface area contributed by atoms with Crippen LogP contribution in [-0.4, -0.2) is 39.0 Å². The van der Waals surface area contributed by atoms with Crippen molar-refractivity contribution in [2.24, 2.45) is 5.73 Å². The van der Waals surface area contributed by atoms with Crippen LogP contribution in [0.15, 0.2) is 11.6 Å². The molecule has 0 aromatic carbocycles. The molecule has 0 amide bonds. The number of rotatable bonds is 4. The molecule has 4 nitrogen and oxygen atoms in total. The zero-order valence-corrected chi connectivity index (χ0v) is 14.6. The van der Waals surface area contributed by atoms with Crippen molar-refractivity contribution in [3.05, 3.63) is 17.3 Å². The fraction of sp³-hybridized carbons (Fsp3) is 0.667. The normalized spacial score (nSPS) is 24.7. The molecule has 2 N–H and O–H groups in total. The van der Waals surface area contributed by atoms with Crippen molar-refractivity contribution >= 4 is 33.9 Å². The molecule has 3 unspecified atom stereocenters. The molecule has 1 saturated heterocycles. The number of nitrogens with zero attached hydrogens (tertiary/aromatic N) is 3. The van der Waals surface area contributed by atoms with Gasteiger partial charge in [-0.05, 0) is 6.42 Å². The fourth-order valence-electron chi connectivity index (χ4n) is 3.01. The summed E-state index contributed by atoms with van der Waals surface area (Å²) in [5.74, 6) is 1.16. The number of thiazole rings is 1. The molecule has 21 heavy (non-hydrogen) atoms. The maximum absolute atomic E-state index is 6.22. The summed E-state index contributed by atoms with van der Waals surface area (Å²) >= 11 is 3.78. The van der Waals surface area contributed by atoms with Crippen molar-refractivity contribution in [1.82, 2.24) is 9.38 Å². The Bertz CT molecular complexity index is 596. The number of hydrogen-bond acceptors (Lipinski definition) is 5. The van der Waals surface area contributed by atoms with E-state index in [1.165, 1.54) is 5.69 Å². The number of fused-ring (bicyclic) bond motifs is 1. The third-order valence-corrected chi connectivity index (χ3v) is 6.02. The van der Waals surface area contributed by atoms with Gasteiger partial charge in [0, 0.05) is 47.6 Å². The van der Waals surface area contributed by atoms with Crippen LogP contribution < -0.4 is 10.6 Å². The number of thioether (sulfide) groups is 1. The molecule has 0 radical (unpaired) electrons. The predicted molar refractivity (Wildman–Crippen MR) is 93.8 cm³/mol. The molecule has 2 aromatic heterocycles. The minimum Gasteiger partial charge on any atom is -0.353 e. The lowest BCUT2D eigenvalue weighted by atomic mass is 10.1. The van der Waals surface area contributed by atoms with E-state index in [1.54, 1.807) is 11.3 Å². The fourth-order valence-corrected chi connectivity index (χ4v) is 5.06. The molecule has 0 bridgehead atoms. The van der Waals surface area contributed by atoms with Gasteiger partial charge in [-0.25, -0.2) is 4.98 Å². The summed E-state index contributed by atoms with van der Waals surface area (Å²) in [6.45, 7) is 8.92. The van der Waals surface area contributed by atoms with Gasteiger partial charge in [-0.1, -0.05) is 20.8 Å². The molecule has 3 heterocycles. The Hall–Kier alpha value is -0.720. The van der Waals surface area contributed by atoms with Crippen LogP contribution in [0.3, 0.4) is 0 Å². The van der Waals surface area contributed by atoms with Crippen LogP contribution in [0.2, 0.25) is 0 Å². The lowest BCUT2D eigenvalue weighted by Crippen LogP contribution is -2.41. The quantitative estimate of drug-likeness (QED) is 0.939. The molecule has 3 rings (SSSR count). The van der Waals surface area contributed by atoms with E-state index in [1.807, 2.05) is 0 Å². The van der Waals surface area contributed by atoms with Crippen LogP contribution in [-0.2, 0) is 6.42 Å². The summed E-state index contributed by atoms with van der Waals surface area (Å²) in [5.41, 5.74) is 7.50. The number of nitrogens with two attached hydrogens (primary N) is 1. The van der Waals surface area contributed by atoms with Crippen LogP contribution in [0.4, 0.5) is 5.82 Å². The van der Waals surface area contributed by atoms with Crippen LogP contribution in [0.5, 0.6) is 0 Å². The van der Waals surface area contributed by atoms with Gasteiger partial charge in [-0.2, -0.15) is 11.8 Å². The zero-order chi connectivity index (χ0) is 15.0. The van der Waals surface area contributed by atoms with E-state index in [4.69, 9.17) is 10.7 Å². The van der Waals surface area contributed by atoms with E-state index >= 15 is 0 Å². The lowest BCUT2D eigenvalue weighted by molar-refractivity contribution is 0.629. The maximum atomic E-state index is 6.22. The van der Waals surface area contributed by atoms with Gasteiger partial charge < -0.3 is 10.6 Å². The van der Waals surface area contributed by atoms with Crippen molar-refractivity contribution in [2.75, 3.05) is 18.0 Å².